The number of hydrogen-bond acceptors (Lipinski definition) is 2. The van der Waals surface area contributed by atoms with Crippen LogP contribution in [0.1, 0.15) is 15.9 Å². The molecule has 0 radical (unpaired) electrons. The first-order valence-corrected chi connectivity index (χ1v) is 5.26. The Morgan fingerprint density at radius 3 is 2.17 bits per heavy atom. The van der Waals surface area contributed by atoms with Crippen molar-refractivity contribution < 1.29 is 44.2 Å². The molecule has 0 aliphatic heterocycles. The van der Waals surface area contributed by atoms with Gasteiger partial charge in [0.25, 0.3) is 0 Å². The average Bonchev–Trinajstić information content (AvgIpc) is 2.38. The number of carboxylic acid groups (broad SMARTS) is 1. The van der Waals surface area contributed by atoms with E-state index in [-0.39, 0.29) is 35.1 Å². The molecule has 2 rings (SSSR count). The van der Waals surface area contributed by atoms with E-state index in [0.717, 1.165) is 5.56 Å². The summed E-state index contributed by atoms with van der Waals surface area (Å²) in [6.45, 7) is 0.479. The minimum Gasteiger partial charge on any atom is -0.489 e. The van der Waals surface area contributed by atoms with E-state index in [2.05, 4.69) is 0 Å². The van der Waals surface area contributed by atoms with Gasteiger partial charge in [0.2, 0.25) is 0 Å². The van der Waals surface area contributed by atoms with Gasteiger partial charge in [0.1, 0.15) is 12.4 Å². The van der Waals surface area contributed by atoms with E-state index in [1.807, 2.05) is 30.3 Å². The quantitative estimate of drug-likeness (QED) is 0.776. The van der Waals surface area contributed by atoms with E-state index in [4.69, 9.17) is 9.84 Å². The first-order chi connectivity index (χ1) is 8.25. The second-order valence-corrected chi connectivity index (χ2v) is 3.60. The molecule has 0 aliphatic carbocycles. The predicted molar refractivity (Wildman–Crippen MR) is 64.2 cm³/mol. The number of ether oxygens (including phenoxy) is 1. The molecule has 18 heavy (non-hydrogen) atoms. The van der Waals surface area contributed by atoms with Crippen molar-refractivity contribution in [1.29, 1.82) is 0 Å². The molecule has 0 aromatic heterocycles. The van der Waals surface area contributed by atoms with Crippen LogP contribution in [0.15, 0.2) is 54.6 Å². The number of carbonyl (C=O) groups is 1. The fourth-order valence-corrected chi connectivity index (χ4v) is 1.43. The van der Waals surface area contributed by atoms with Crippen molar-refractivity contribution >= 4 is 5.97 Å². The van der Waals surface area contributed by atoms with Crippen molar-refractivity contribution in [3.05, 3.63) is 65.7 Å². The molecule has 0 spiro atoms. The zero-order chi connectivity index (χ0) is 12.1. The molecule has 0 bridgehead atoms. The first-order valence-electron chi connectivity index (χ1n) is 5.26. The molecule has 0 heterocycles. The van der Waals surface area contributed by atoms with Crippen molar-refractivity contribution in [2.75, 3.05) is 0 Å². The van der Waals surface area contributed by atoms with Gasteiger partial charge < -0.3 is 9.84 Å². The van der Waals surface area contributed by atoms with Crippen molar-refractivity contribution in [3.8, 4) is 5.75 Å². The van der Waals surface area contributed by atoms with Crippen LogP contribution in [0.3, 0.4) is 0 Å². The summed E-state index contributed by atoms with van der Waals surface area (Å²) in [5.74, 6) is -0.265. The summed E-state index contributed by atoms with van der Waals surface area (Å²) in [5.41, 5.74) is 1.34. The summed E-state index contributed by atoms with van der Waals surface area (Å²) in [4.78, 5) is 10.7. The zero-order valence-electron chi connectivity index (χ0n) is 10.2. The van der Waals surface area contributed by atoms with Crippen LogP contribution in [0.2, 0.25) is 0 Å². The summed E-state index contributed by atoms with van der Waals surface area (Å²) in [7, 11) is 0. The van der Waals surface area contributed by atoms with Crippen LogP contribution in [0.25, 0.3) is 0 Å². The maximum Gasteiger partial charge on any atom is 1.00 e. The van der Waals surface area contributed by atoms with Gasteiger partial charge in [-0.25, -0.2) is 4.79 Å². The molecule has 0 saturated heterocycles. The van der Waals surface area contributed by atoms with Crippen LogP contribution in [0.4, 0.5) is 0 Å². The van der Waals surface area contributed by atoms with Gasteiger partial charge in [0, 0.05) is 0 Å². The summed E-state index contributed by atoms with van der Waals surface area (Å²) in [5, 5.41) is 8.74. The third kappa shape index (κ3) is 4.18. The summed E-state index contributed by atoms with van der Waals surface area (Å²) in [6.07, 6.45) is 0. The Morgan fingerprint density at radius 2 is 1.61 bits per heavy atom. The normalized spacial score (nSPS) is 9.33. The van der Waals surface area contributed by atoms with E-state index >= 15 is 0 Å². The number of carboxylic acids is 1. The molecule has 2 aromatic carbocycles. The van der Waals surface area contributed by atoms with E-state index < -0.39 is 5.97 Å². The molecule has 0 saturated carbocycles. The largest absolute Gasteiger partial charge is 1.00 e. The maximum absolute atomic E-state index is 10.7. The van der Waals surface area contributed by atoms with Crippen LogP contribution in [0, 0.1) is 0 Å². The SMILES string of the molecule is O=C(O)c1ccc(OCc2ccccc2)cc1.[Na+]. The Bertz CT molecular complexity index is 494. The second kappa shape index (κ2) is 7.21. The molecular weight excluding hydrogens is 239 g/mol. The van der Waals surface area contributed by atoms with Crippen LogP contribution in [-0.2, 0) is 6.61 Å². The Balaban J connectivity index is 0.00000162. The van der Waals surface area contributed by atoms with Crippen molar-refractivity contribution in [1.82, 2.24) is 0 Å². The Labute approximate surface area is 128 Å². The Morgan fingerprint density at radius 1 is 1.00 bits per heavy atom. The monoisotopic (exact) mass is 251 g/mol. The molecule has 1 N–H and O–H groups in total. The molecular formula is C14H12NaO3+. The number of benzene rings is 2. The summed E-state index contributed by atoms with van der Waals surface area (Å²) < 4.78 is 5.53. The zero-order valence-corrected chi connectivity index (χ0v) is 12.2. The third-order valence-electron chi connectivity index (χ3n) is 2.35. The third-order valence-corrected chi connectivity index (χ3v) is 2.35. The minimum absolute atomic E-state index is 0. The van der Waals surface area contributed by atoms with Gasteiger partial charge in [0.05, 0.1) is 5.56 Å². The maximum atomic E-state index is 10.7. The molecule has 0 atom stereocenters. The van der Waals surface area contributed by atoms with Gasteiger partial charge in [0.15, 0.2) is 0 Å². The van der Waals surface area contributed by atoms with Crippen LogP contribution >= 0.6 is 0 Å². The van der Waals surface area contributed by atoms with E-state index in [1.165, 1.54) is 12.1 Å². The Kier molecular flexibility index (Phi) is 5.92. The average molecular weight is 251 g/mol. The van der Waals surface area contributed by atoms with Crippen LogP contribution in [-0.4, -0.2) is 11.1 Å². The topological polar surface area (TPSA) is 46.5 Å². The minimum atomic E-state index is -0.931. The van der Waals surface area contributed by atoms with Gasteiger partial charge in [-0.15, -0.1) is 0 Å². The van der Waals surface area contributed by atoms with E-state index in [0.29, 0.717) is 12.4 Å². The van der Waals surface area contributed by atoms with Gasteiger partial charge in [-0.3, -0.25) is 0 Å². The fourth-order valence-electron chi connectivity index (χ4n) is 1.43. The van der Waals surface area contributed by atoms with Crippen LogP contribution in [0.5, 0.6) is 5.75 Å². The summed E-state index contributed by atoms with van der Waals surface area (Å²) in [6, 6.07) is 16.2. The predicted octanol–water partition coefficient (Wildman–Crippen LogP) is -0.0322. The summed E-state index contributed by atoms with van der Waals surface area (Å²) >= 11 is 0. The first kappa shape index (κ1) is 14.8. The smallest absolute Gasteiger partial charge is 0.489 e. The molecule has 2 aromatic rings. The van der Waals surface area contributed by atoms with Crippen molar-refractivity contribution in [3.63, 3.8) is 0 Å². The fraction of sp³-hybridized carbons (Fsp3) is 0.0714. The van der Waals surface area contributed by atoms with Gasteiger partial charge >= 0.3 is 35.5 Å². The molecule has 0 aliphatic rings. The standard InChI is InChI=1S/C14H12O3.Na/c15-14(16)12-6-8-13(9-7-12)17-10-11-4-2-1-3-5-11;/h1-9H,10H2,(H,15,16);/q;+1. The number of aromatic carboxylic acids is 1. The van der Waals surface area contributed by atoms with E-state index in [1.54, 1.807) is 12.1 Å². The molecule has 86 valence electrons. The number of rotatable bonds is 4. The Hall–Kier alpha value is -1.29. The van der Waals surface area contributed by atoms with Crippen molar-refractivity contribution in [2.24, 2.45) is 0 Å². The van der Waals surface area contributed by atoms with Gasteiger partial charge in [-0.2, -0.15) is 0 Å². The molecule has 4 heteroatoms. The van der Waals surface area contributed by atoms with Crippen LogP contribution < -0.4 is 34.3 Å². The van der Waals surface area contributed by atoms with Gasteiger partial charge in [-0.05, 0) is 29.8 Å². The number of hydrogen-bond donors (Lipinski definition) is 1. The van der Waals surface area contributed by atoms with Crippen molar-refractivity contribution in [2.45, 2.75) is 6.61 Å². The van der Waals surface area contributed by atoms with E-state index in [9.17, 15) is 4.79 Å². The molecule has 0 unspecified atom stereocenters. The molecule has 0 amide bonds. The van der Waals surface area contributed by atoms with Gasteiger partial charge in [-0.1, -0.05) is 30.3 Å². The molecule has 0 fully saturated rings. The second-order valence-electron chi connectivity index (χ2n) is 3.60. The molecule has 3 nitrogen and oxygen atoms in total.